The van der Waals surface area contributed by atoms with E-state index in [-0.39, 0.29) is 0 Å². The summed E-state index contributed by atoms with van der Waals surface area (Å²) in [5.41, 5.74) is 3.24. The number of hydrogen-bond acceptors (Lipinski definition) is 3. The van der Waals surface area contributed by atoms with Crippen LogP contribution in [-0.2, 0) is 6.42 Å². The van der Waals surface area contributed by atoms with Crippen LogP contribution in [0.2, 0.25) is 0 Å². The summed E-state index contributed by atoms with van der Waals surface area (Å²) >= 11 is 0. The topological polar surface area (TPSA) is 44.6 Å². The zero-order valence-electron chi connectivity index (χ0n) is 9.07. The summed E-state index contributed by atoms with van der Waals surface area (Å²) in [7, 11) is -0.669. The van der Waals surface area contributed by atoms with Crippen LogP contribution in [0.15, 0.2) is 23.3 Å². The largest absolute Gasteiger partial charge is 0.464 e. The van der Waals surface area contributed by atoms with Crippen LogP contribution in [0.5, 0.6) is 0 Å². The highest BCUT2D eigenvalue weighted by Crippen LogP contribution is 2.12. The van der Waals surface area contributed by atoms with E-state index in [1.807, 2.05) is 12.1 Å². The van der Waals surface area contributed by atoms with Crippen LogP contribution in [0.1, 0.15) is 25.0 Å². The molecule has 0 amide bonds. The van der Waals surface area contributed by atoms with E-state index in [1.165, 1.54) is 5.56 Å². The summed E-state index contributed by atoms with van der Waals surface area (Å²) in [6, 6.07) is 6.02. The van der Waals surface area contributed by atoms with Gasteiger partial charge in [0, 0.05) is 0 Å². The first-order valence-corrected chi connectivity index (χ1v) is 5.27. The molecule has 3 nitrogen and oxygen atoms in total. The Morgan fingerprint density at radius 3 is 3.00 bits per heavy atom. The molecule has 15 heavy (non-hydrogen) atoms. The average molecular weight is 202 g/mol. The molecule has 0 unspecified atom stereocenters. The Balaban J connectivity index is 2.41. The highest BCUT2D eigenvalue weighted by Gasteiger charge is 2.22. The lowest BCUT2D eigenvalue weighted by Gasteiger charge is -2.18. The van der Waals surface area contributed by atoms with Gasteiger partial charge in [0.1, 0.15) is 0 Å². The summed E-state index contributed by atoms with van der Waals surface area (Å²) in [5, 5.41) is 16.3. The number of hydrogen-bond donors (Lipinski definition) is 2. The van der Waals surface area contributed by atoms with Crippen molar-refractivity contribution in [2.24, 2.45) is 11.0 Å². The molecule has 1 aliphatic heterocycles. The monoisotopic (exact) mass is 202 g/mol. The van der Waals surface area contributed by atoms with Crippen molar-refractivity contribution in [2.75, 3.05) is 0 Å². The normalized spacial score (nSPS) is 14.0. The number of nitrogens with one attached hydrogen (secondary N) is 1. The van der Waals surface area contributed by atoms with Crippen molar-refractivity contribution in [3.63, 3.8) is 0 Å². The third kappa shape index (κ3) is 2.05. The quantitative estimate of drug-likeness (QED) is 0.686. The second-order valence-corrected chi connectivity index (χ2v) is 4.31. The molecule has 1 aromatic rings. The molecule has 78 valence electrons. The highest BCUT2D eigenvalue weighted by atomic mass is 16.2. The maximum atomic E-state index is 9.70. The zero-order chi connectivity index (χ0) is 10.8. The average Bonchev–Trinajstić information content (AvgIpc) is 2.19. The fraction of sp³-hybridized carbons (Fsp3) is 0.364. The van der Waals surface area contributed by atoms with Crippen molar-refractivity contribution in [3.05, 3.63) is 29.3 Å². The molecule has 0 bridgehead atoms. The predicted molar refractivity (Wildman–Crippen MR) is 63.3 cm³/mol. The summed E-state index contributed by atoms with van der Waals surface area (Å²) in [6.45, 7) is 4.38. The molecule has 0 saturated heterocycles. The van der Waals surface area contributed by atoms with Crippen LogP contribution < -0.4 is 10.8 Å². The lowest BCUT2D eigenvalue weighted by molar-refractivity contribution is 0.565. The first-order chi connectivity index (χ1) is 7.18. The molecule has 0 spiro atoms. The van der Waals surface area contributed by atoms with Gasteiger partial charge in [-0.1, -0.05) is 32.0 Å². The molecule has 2 N–H and O–H groups in total. The zero-order valence-corrected chi connectivity index (χ0v) is 9.07. The summed E-state index contributed by atoms with van der Waals surface area (Å²) < 4.78 is 0. The summed E-state index contributed by atoms with van der Waals surface area (Å²) in [6.07, 6.45) is 2.81. The van der Waals surface area contributed by atoms with Crippen molar-refractivity contribution in [1.29, 1.82) is 0 Å². The van der Waals surface area contributed by atoms with Crippen molar-refractivity contribution in [1.82, 2.24) is 5.34 Å². The molecule has 0 radical (unpaired) electrons. The minimum absolute atomic E-state index is 0.608. The first kappa shape index (κ1) is 10.2. The van der Waals surface area contributed by atoms with Gasteiger partial charge in [0.05, 0.1) is 6.21 Å². The van der Waals surface area contributed by atoms with Crippen LogP contribution in [0, 0.1) is 5.92 Å². The molecule has 1 aliphatic rings. The predicted octanol–water partition coefficient (Wildman–Crippen LogP) is 0.510. The Labute approximate surface area is 90.3 Å². The minimum Gasteiger partial charge on any atom is -0.428 e. The first-order valence-electron chi connectivity index (χ1n) is 5.27. The van der Waals surface area contributed by atoms with Crippen LogP contribution in [0.3, 0.4) is 0 Å². The SMILES string of the molecule is CC(C)Cc1cccc2c1C=NNB2O. The summed E-state index contributed by atoms with van der Waals surface area (Å²) in [5.74, 6) is 0.608. The number of rotatable bonds is 2. The Hall–Kier alpha value is -1.29. The van der Waals surface area contributed by atoms with E-state index in [2.05, 4.69) is 30.4 Å². The van der Waals surface area contributed by atoms with Gasteiger partial charge >= 0.3 is 7.05 Å². The third-order valence-electron chi connectivity index (χ3n) is 2.54. The lowest BCUT2D eigenvalue weighted by Crippen LogP contribution is -2.47. The molecule has 0 saturated carbocycles. The van der Waals surface area contributed by atoms with E-state index in [4.69, 9.17) is 0 Å². The van der Waals surface area contributed by atoms with Crippen LogP contribution >= 0.6 is 0 Å². The minimum atomic E-state index is -0.669. The number of hydrazone groups is 1. The standard InChI is InChI=1S/C11H15BN2O/c1-8(2)6-9-4-3-5-11-10(9)7-13-14-12(11)15/h3-5,7-8,14-15H,6H2,1-2H3. The maximum Gasteiger partial charge on any atom is 0.464 e. The van der Waals surface area contributed by atoms with E-state index in [0.29, 0.717) is 5.92 Å². The van der Waals surface area contributed by atoms with E-state index >= 15 is 0 Å². The van der Waals surface area contributed by atoms with Gasteiger partial charge in [-0.25, -0.2) is 0 Å². The van der Waals surface area contributed by atoms with Crippen LogP contribution in [0.4, 0.5) is 0 Å². The van der Waals surface area contributed by atoms with Gasteiger partial charge in [-0.15, -0.1) is 0 Å². The Kier molecular flexibility index (Phi) is 2.78. The van der Waals surface area contributed by atoms with Crippen molar-refractivity contribution >= 4 is 18.7 Å². The van der Waals surface area contributed by atoms with E-state index in [0.717, 1.165) is 17.4 Å². The van der Waals surface area contributed by atoms with E-state index < -0.39 is 7.05 Å². The Bertz CT molecular complexity index is 390. The second-order valence-electron chi connectivity index (χ2n) is 4.31. The van der Waals surface area contributed by atoms with Crippen molar-refractivity contribution in [3.8, 4) is 0 Å². The molecular formula is C11H15BN2O. The molecule has 0 fully saturated rings. The van der Waals surface area contributed by atoms with Gasteiger partial charge in [0.25, 0.3) is 0 Å². The van der Waals surface area contributed by atoms with Gasteiger partial charge in [0.2, 0.25) is 0 Å². The molecule has 1 heterocycles. The molecule has 1 aromatic carbocycles. The third-order valence-corrected chi connectivity index (χ3v) is 2.54. The van der Waals surface area contributed by atoms with Crippen LogP contribution in [-0.4, -0.2) is 18.3 Å². The Morgan fingerprint density at radius 1 is 1.47 bits per heavy atom. The van der Waals surface area contributed by atoms with E-state index in [9.17, 15) is 5.02 Å². The molecule has 0 atom stereocenters. The van der Waals surface area contributed by atoms with Gasteiger partial charge in [-0.05, 0) is 28.9 Å². The second kappa shape index (κ2) is 4.07. The molecule has 4 heteroatoms. The smallest absolute Gasteiger partial charge is 0.428 e. The van der Waals surface area contributed by atoms with Gasteiger partial charge in [-0.3, -0.25) is 0 Å². The number of fused-ring (bicyclic) bond motifs is 1. The molecule has 0 aliphatic carbocycles. The maximum absolute atomic E-state index is 9.70. The number of benzene rings is 1. The van der Waals surface area contributed by atoms with E-state index in [1.54, 1.807) is 6.21 Å². The molecule has 0 aromatic heterocycles. The lowest BCUT2D eigenvalue weighted by atomic mass is 9.70. The van der Waals surface area contributed by atoms with Gasteiger partial charge < -0.3 is 10.4 Å². The Morgan fingerprint density at radius 2 is 2.27 bits per heavy atom. The fourth-order valence-electron chi connectivity index (χ4n) is 1.89. The molecule has 2 rings (SSSR count). The number of nitrogens with zero attached hydrogens (tertiary/aromatic N) is 1. The van der Waals surface area contributed by atoms with Gasteiger partial charge in [-0.2, -0.15) is 5.10 Å². The van der Waals surface area contributed by atoms with Crippen LogP contribution in [0.25, 0.3) is 0 Å². The molecular weight excluding hydrogens is 187 g/mol. The summed E-state index contributed by atoms with van der Waals surface area (Å²) in [4.78, 5) is 0. The van der Waals surface area contributed by atoms with Gasteiger partial charge in [0.15, 0.2) is 0 Å². The fourth-order valence-corrected chi connectivity index (χ4v) is 1.89. The highest BCUT2D eigenvalue weighted by molar-refractivity contribution is 6.65. The van der Waals surface area contributed by atoms with Crippen molar-refractivity contribution in [2.45, 2.75) is 20.3 Å². The van der Waals surface area contributed by atoms with Crippen molar-refractivity contribution < 1.29 is 5.02 Å².